The first-order valence-corrected chi connectivity index (χ1v) is 6.17. The normalized spacial score (nSPS) is 12.4. The van der Waals surface area contributed by atoms with E-state index < -0.39 is 12.1 Å². The highest BCUT2D eigenvalue weighted by atomic mass is 32.2. The molecule has 0 aromatic heterocycles. The number of thioether (sulfide) groups is 1. The summed E-state index contributed by atoms with van der Waals surface area (Å²) in [6.45, 7) is 2.04. The minimum Gasteiger partial charge on any atom is -0.478 e. The molecule has 0 saturated heterocycles. The maximum absolute atomic E-state index is 10.9. The van der Waals surface area contributed by atoms with Gasteiger partial charge in [-0.25, -0.2) is 4.79 Å². The molecule has 0 spiro atoms. The smallest absolute Gasteiger partial charge is 0.335 e. The van der Waals surface area contributed by atoms with Crippen LogP contribution in [0.1, 0.15) is 15.9 Å². The highest BCUT2D eigenvalue weighted by molar-refractivity contribution is 7.99. The van der Waals surface area contributed by atoms with E-state index in [9.17, 15) is 9.90 Å². The number of aryl methyl sites for hydroxylation is 1. The zero-order chi connectivity index (χ0) is 12.8. The summed E-state index contributed by atoms with van der Waals surface area (Å²) in [6, 6.07) is 5.25. The molecule has 0 bridgehead atoms. The van der Waals surface area contributed by atoms with Gasteiger partial charge in [-0.3, -0.25) is 0 Å². The third kappa shape index (κ3) is 4.38. The van der Waals surface area contributed by atoms with Crippen LogP contribution in [0.25, 0.3) is 0 Å². The van der Waals surface area contributed by atoms with Gasteiger partial charge in [-0.1, -0.05) is 6.07 Å². The van der Waals surface area contributed by atoms with Gasteiger partial charge in [0.15, 0.2) is 0 Å². The first-order chi connectivity index (χ1) is 8.04. The molecule has 1 aromatic carbocycles. The number of rotatable bonds is 6. The Hall–Kier alpha value is -1.04. The summed E-state index contributed by atoms with van der Waals surface area (Å²) in [4.78, 5) is 11.8. The highest BCUT2D eigenvalue weighted by Gasteiger charge is 2.09. The summed E-state index contributed by atoms with van der Waals surface area (Å²) in [5.41, 5.74) is 1.04. The summed E-state index contributed by atoms with van der Waals surface area (Å²) in [5, 5.41) is 18.5. The van der Waals surface area contributed by atoms with E-state index in [1.54, 1.807) is 19.1 Å². The average Bonchev–Trinajstić information content (AvgIpc) is 2.28. The summed E-state index contributed by atoms with van der Waals surface area (Å²) in [6.07, 6.45) is -0.542. The maximum Gasteiger partial charge on any atom is 0.335 e. The lowest BCUT2D eigenvalue weighted by Gasteiger charge is -2.09. The van der Waals surface area contributed by atoms with Crippen LogP contribution in [0.4, 0.5) is 0 Å². The first kappa shape index (κ1) is 14.0. The third-order valence-corrected chi connectivity index (χ3v) is 3.38. The van der Waals surface area contributed by atoms with Crippen molar-refractivity contribution in [3.63, 3.8) is 0 Å². The number of hydrogen-bond acceptors (Lipinski definition) is 4. The minimum absolute atomic E-state index is 0.282. The van der Waals surface area contributed by atoms with Crippen molar-refractivity contribution in [2.24, 2.45) is 0 Å². The van der Waals surface area contributed by atoms with E-state index in [0.717, 1.165) is 10.5 Å². The predicted molar refractivity (Wildman–Crippen MR) is 66.7 cm³/mol. The Bertz CT molecular complexity index is 392. The molecule has 0 heterocycles. The molecule has 0 aliphatic rings. The van der Waals surface area contributed by atoms with Crippen molar-refractivity contribution in [1.82, 2.24) is 0 Å². The van der Waals surface area contributed by atoms with Gasteiger partial charge in [-0.2, -0.15) is 0 Å². The molecule has 1 atom stereocenters. The van der Waals surface area contributed by atoms with Gasteiger partial charge in [0.05, 0.1) is 18.3 Å². The number of ether oxygens (including phenoxy) is 1. The Morgan fingerprint density at radius 1 is 1.53 bits per heavy atom. The minimum atomic E-state index is -0.928. The zero-order valence-corrected chi connectivity index (χ0v) is 10.7. The second-order valence-corrected chi connectivity index (χ2v) is 4.80. The topological polar surface area (TPSA) is 66.8 Å². The molecule has 1 rings (SSSR count). The molecule has 0 aliphatic heterocycles. The van der Waals surface area contributed by atoms with Gasteiger partial charge in [0.1, 0.15) is 0 Å². The molecule has 0 saturated carbocycles. The van der Waals surface area contributed by atoms with Crippen LogP contribution < -0.4 is 0 Å². The van der Waals surface area contributed by atoms with Crippen LogP contribution in [-0.2, 0) is 4.74 Å². The number of methoxy groups -OCH3 is 1. The van der Waals surface area contributed by atoms with Gasteiger partial charge in [0.25, 0.3) is 0 Å². The van der Waals surface area contributed by atoms with Gasteiger partial charge in [0.2, 0.25) is 0 Å². The lowest BCUT2D eigenvalue weighted by Crippen LogP contribution is -2.16. The zero-order valence-electron chi connectivity index (χ0n) is 9.84. The molecule has 94 valence electrons. The first-order valence-electron chi connectivity index (χ1n) is 5.18. The summed E-state index contributed by atoms with van der Waals surface area (Å²) < 4.78 is 4.82. The number of carboxylic acid groups (broad SMARTS) is 1. The summed E-state index contributed by atoms with van der Waals surface area (Å²) in [7, 11) is 1.53. The van der Waals surface area contributed by atoms with Crippen LogP contribution in [0.2, 0.25) is 0 Å². The van der Waals surface area contributed by atoms with Crippen molar-refractivity contribution in [3.05, 3.63) is 29.3 Å². The molecule has 0 aliphatic carbocycles. The number of aromatic carboxylic acids is 1. The summed E-state index contributed by atoms with van der Waals surface area (Å²) in [5.74, 6) is -0.446. The van der Waals surface area contributed by atoms with E-state index in [0.29, 0.717) is 11.3 Å². The van der Waals surface area contributed by atoms with Crippen LogP contribution >= 0.6 is 11.8 Å². The van der Waals surface area contributed by atoms with E-state index >= 15 is 0 Å². The quantitative estimate of drug-likeness (QED) is 0.760. The van der Waals surface area contributed by atoms with E-state index in [-0.39, 0.29) is 6.61 Å². The van der Waals surface area contributed by atoms with Crippen molar-refractivity contribution in [3.8, 4) is 0 Å². The second-order valence-electron chi connectivity index (χ2n) is 3.70. The van der Waals surface area contributed by atoms with Gasteiger partial charge >= 0.3 is 5.97 Å². The third-order valence-electron chi connectivity index (χ3n) is 2.24. The van der Waals surface area contributed by atoms with Crippen molar-refractivity contribution >= 4 is 17.7 Å². The van der Waals surface area contributed by atoms with Crippen LogP contribution in [0.5, 0.6) is 0 Å². The molecule has 0 radical (unpaired) electrons. The lowest BCUT2D eigenvalue weighted by atomic mass is 10.1. The number of carboxylic acids is 1. The number of carbonyl (C=O) groups is 1. The Balaban J connectivity index is 2.66. The van der Waals surface area contributed by atoms with Crippen LogP contribution in [0, 0.1) is 6.92 Å². The lowest BCUT2D eigenvalue weighted by molar-refractivity contribution is 0.0696. The predicted octanol–water partition coefficient (Wildman–Crippen LogP) is 1.79. The fraction of sp³-hybridized carbons (Fsp3) is 0.417. The highest BCUT2D eigenvalue weighted by Crippen LogP contribution is 2.22. The molecule has 1 aromatic rings. The average molecular weight is 256 g/mol. The van der Waals surface area contributed by atoms with Crippen molar-refractivity contribution < 1.29 is 19.7 Å². The number of benzene rings is 1. The molecule has 17 heavy (non-hydrogen) atoms. The van der Waals surface area contributed by atoms with Gasteiger partial charge in [-0.15, -0.1) is 11.8 Å². The van der Waals surface area contributed by atoms with Gasteiger partial charge in [0, 0.05) is 17.8 Å². The Morgan fingerprint density at radius 2 is 2.24 bits per heavy atom. The molecular weight excluding hydrogens is 240 g/mol. The Kier molecular flexibility index (Phi) is 5.47. The molecule has 5 heteroatoms. The fourth-order valence-corrected chi connectivity index (χ4v) is 2.20. The van der Waals surface area contributed by atoms with Crippen molar-refractivity contribution in [2.45, 2.75) is 17.9 Å². The number of aliphatic hydroxyl groups excluding tert-OH is 1. The van der Waals surface area contributed by atoms with Gasteiger partial charge in [-0.05, 0) is 24.6 Å². The monoisotopic (exact) mass is 256 g/mol. The summed E-state index contributed by atoms with van der Waals surface area (Å²) >= 11 is 1.42. The standard InChI is InChI=1S/C12H16O4S/c1-8-3-4-10(5-11(8)12(14)15)17-7-9(13)6-16-2/h3-5,9,13H,6-7H2,1-2H3,(H,14,15). The van der Waals surface area contributed by atoms with E-state index in [1.165, 1.54) is 18.9 Å². The molecular formula is C12H16O4S. The maximum atomic E-state index is 10.9. The van der Waals surface area contributed by atoms with Crippen LogP contribution in [0.3, 0.4) is 0 Å². The molecule has 1 unspecified atom stereocenters. The van der Waals surface area contributed by atoms with E-state index in [2.05, 4.69) is 0 Å². The van der Waals surface area contributed by atoms with Crippen molar-refractivity contribution in [1.29, 1.82) is 0 Å². The van der Waals surface area contributed by atoms with Crippen LogP contribution in [-0.4, -0.2) is 41.8 Å². The molecule has 2 N–H and O–H groups in total. The Morgan fingerprint density at radius 3 is 2.82 bits per heavy atom. The fourth-order valence-electron chi connectivity index (χ4n) is 1.35. The second kappa shape index (κ2) is 6.64. The number of hydrogen-bond donors (Lipinski definition) is 2. The molecule has 0 amide bonds. The van der Waals surface area contributed by atoms with E-state index in [1.807, 2.05) is 6.07 Å². The SMILES string of the molecule is COCC(O)CSc1ccc(C)c(C(=O)O)c1. The van der Waals surface area contributed by atoms with Gasteiger partial charge < -0.3 is 14.9 Å². The number of aliphatic hydroxyl groups is 1. The van der Waals surface area contributed by atoms with Crippen molar-refractivity contribution in [2.75, 3.05) is 19.5 Å². The van der Waals surface area contributed by atoms with Crippen LogP contribution in [0.15, 0.2) is 23.1 Å². The largest absolute Gasteiger partial charge is 0.478 e. The Labute approximate surface area is 105 Å². The molecule has 4 nitrogen and oxygen atoms in total. The molecule has 0 fully saturated rings. The van der Waals surface area contributed by atoms with E-state index in [4.69, 9.17) is 9.84 Å².